The molecule has 0 amide bonds. The van der Waals surface area contributed by atoms with Crippen LogP contribution < -0.4 is 23.7 Å². The summed E-state index contributed by atoms with van der Waals surface area (Å²) in [4.78, 5) is 82.0. The Morgan fingerprint density at radius 2 is 0.672 bits per heavy atom. The molecule has 0 aliphatic rings. The highest BCUT2D eigenvalue weighted by molar-refractivity contribution is 6.05. The monoisotopic (exact) mass is 812 g/mol. The van der Waals surface area contributed by atoms with Gasteiger partial charge in [0, 0.05) is 11.6 Å². The molecule has 0 fully saturated rings. The van der Waals surface area contributed by atoms with Crippen LogP contribution >= 0.6 is 0 Å². The molecule has 12 nitrogen and oxygen atoms in total. The topological polar surface area (TPSA) is 158 Å². The van der Waals surface area contributed by atoms with E-state index >= 15 is 0 Å². The van der Waals surface area contributed by atoms with Crippen molar-refractivity contribution in [2.24, 2.45) is 0 Å². The minimum Gasteiger partial charge on any atom is -0.465 e. The summed E-state index contributed by atoms with van der Waals surface area (Å²) in [6, 6.07) is 44.6. The van der Waals surface area contributed by atoms with Gasteiger partial charge in [-0.1, -0.05) is 97.1 Å². The van der Waals surface area contributed by atoms with E-state index in [-0.39, 0.29) is 56.0 Å². The smallest absolute Gasteiger partial charge is 0.343 e. The molecule has 0 heterocycles. The van der Waals surface area contributed by atoms with Crippen molar-refractivity contribution in [3.8, 4) is 39.9 Å². The highest BCUT2D eigenvalue weighted by Crippen LogP contribution is 2.50. The van der Waals surface area contributed by atoms with Gasteiger partial charge in [0.05, 0.1) is 40.5 Å². The fraction of sp³-hybridized carbons (Fsp3) is 0.0204. The molecule has 0 radical (unpaired) electrons. The van der Waals surface area contributed by atoms with Crippen molar-refractivity contribution in [1.82, 2.24) is 0 Å². The molecule has 0 aromatic heterocycles. The molecule has 0 aliphatic carbocycles. The summed E-state index contributed by atoms with van der Waals surface area (Å²) >= 11 is 0. The van der Waals surface area contributed by atoms with Gasteiger partial charge in [0.25, 0.3) is 0 Å². The maximum Gasteiger partial charge on any atom is 0.343 e. The van der Waals surface area contributed by atoms with Crippen LogP contribution in [0.5, 0.6) is 28.7 Å². The Hall–Kier alpha value is -8.64. The van der Waals surface area contributed by atoms with E-state index in [0.717, 1.165) is 13.2 Å². The lowest BCUT2D eigenvalue weighted by Gasteiger charge is -2.21. The van der Waals surface area contributed by atoms with Crippen molar-refractivity contribution in [1.29, 1.82) is 0 Å². The van der Waals surface area contributed by atoms with Gasteiger partial charge in [-0.3, -0.25) is 0 Å². The fourth-order valence-corrected chi connectivity index (χ4v) is 5.92. The molecular formula is C49H32O12. The van der Waals surface area contributed by atoms with Gasteiger partial charge >= 0.3 is 35.8 Å². The van der Waals surface area contributed by atoms with Crippen molar-refractivity contribution in [2.75, 3.05) is 7.11 Å². The van der Waals surface area contributed by atoms with Crippen molar-refractivity contribution in [3.63, 3.8) is 0 Å². The second kappa shape index (κ2) is 18.7. The fourth-order valence-electron chi connectivity index (χ4n) is 5.92. The summed E-state index contributed by atoms with van der Waals surface area (Å²) in [5.74, 6) is -7.59. The van der Waals surface area contributed by atoms with Gasteiger partial charge in [-0.05, 0) is 78.4 Å². The second-order valence-electron chi connectivity index (χ2n) is 12.9. The van der Waals surface area contributed by atoms with E-state index in [1.807, 2.05) is 0 Å². The van der Waals surface area contributed by atoms with Crippen LogP contribution in [0.3, 0.4) is 0 Å². The molecule has 300 valence electrons. The maximum absolute atomic E-state index is 14.0. The first kappa shape index (κ1) is 40.6. The zero-order valence-electron chi connectivity index (χ0n) is 32.1. The molecule has 0 aliphatic heterocycles. The van der Waals surface area contributed by atoms with Gasteiger partial charge in [0.15, 0.2) is 23.0 Å². The minimum atomic E-state index is -1.01. The van der Waals surface area contributed by atoms with Crippen LogP contribution in [0.2, 0.25) is 0 Å². The third-order valence-electron chi connectivity index (χ3n) is 8.88. The largest absolute Gasteiger partial charge is 0.465 e. The Kier molecular flexibility index (Phi) is 12.5. The van der Waals surface area contributed by atoms with Crippen LogP contribution in [-0.4, -0.2) is 42.9 Å². The van der Waals surface area contributed by atoms with Crippen LogP contribution in [-0.2, 0) is 4.74 Å². The molecule has 0 atom stereocenters. The zero-order valence-corrected chi connectivity index (χ0v) is 32.1. The molecule has 7 aromatic carbocycles. The Morgan fingerprint density at radius 1 is 0.328 bits per heavy atom. The van der Waals surface area contributed by atoms with Crippen LogP contribution in [0.15, 0.2) is 176 Å². The summed E-state index contributed by atoms with van der Waals surface area (Å²) in [5.41, 5.74) is 0.000352. The number of ether oxygens (including phenoxy) is 6. The quantitative estimate of drug-likeness (QED) is 0.0852. The average molecular weight is 813 g/mol. The summed E-state index contributed by atoms with van der Waals surface area (Å²) in [6.45, 7) is 0. The Morgan fingerprint density at radius 3 is 1.07 bits per heavy atom. The molecule has 12 heteroatoms. The molecule has 0 saturated carbocycles. The van der Waals surface area contributed by atoms with Crippen LogP contribution in [0, 0.1) is 0 Å². The van der Waals surface area contributed by atoms with Crippen molar-refractivity contribution >= 4 is 35.8 Å². The predicted octanol–water partition coefficient (Wildman–Crippen LogP) is 9.24. The van der Waals surface area contributed by atoms with E-state index in [2.05, 4.69) is 0 Å². The Labute approximate surface area is 348 Å². The molecule has 0 N–H and O–H groups in total. The average Bonchev–Trinajstić information content (AvgIpc) is 3.31. The molecule has 0 saturated heterocycles. The first-order chi connectivity index (χ1) is 29.7. The highest BCUT2D eigenvalue weighted by Gasteiger charge is 2.32. The summed E-state index contributed by atoms with van der Waals surface area (Å²) in [5, 5.41) is 0. The minimum absolute atomic E-state index is 0.00424. The van der Waals surface area contributed by atoms with E-state index in [1.165, 1.54) is 78.9 Å². The van der Waals surface area contributed by atoms with Crippen LogP contribution in [0.4, 0.5) is 0 Å². The molecule has 61 heavy (non-hydrogen) atoms. The van der Waals surface area contributed by atoms with Gasteiger partial charge in [0.1, 0.15) is 0 Å². The van der Waals surface area contributed by atoms with Gasteiger partial charge in [0.2, 0.25) is 5.75 Å². The number of hydrogen-bond acceptors (Lipinski definition) is 12. The summed E-state index contributed by atoms with van der Waals surface area (Å²) < 4.78 is 34.5. The number of carbonyl (C=O) groups is 6. The summed E-state index contributed by atoms with van der Waals surface area (Å²) in [6.07, 6.45) is 0. The molecule has 0 bridgehead atoms. The van der Waals surface area contributed by atoms with Gasteiger partial charge < -0.3 is 28.4 Å². The molecule has 7 rings (SSSR count). The SMILES string of the molecule is COC(=O)c1cc(OC(=O)c2ccccc2)c(OC(=O)c2ccccc2)c(OC(=O)c2ccccc2)c1-c1ccc(OC(=O)c2ccccc2)c(OC(=O)c2ccccc2)c1. The van der Waals surface area contributed by atoms with Crippen molar-refractivity contribution in [3.05, 3.63) is 209 Å². The molecule has 0 spiro atoms. The first-order valence-corrected chi connectivity index (χ1v) is 18.5. The van der Waals surface area contributed by atoms with Crippen molar-refractivity contribution in [2.45, 2.75) is 0 Å². The third kappa shape index (κ3) is 9.57. The predicted molar refractivity (Wildman–Crippen MR) is 220 cm³/mol. The second-order valence-corrected chi connectivity index (χ2v) is 12.9. The highest BCUT2D eigenvalue weighted by atomic mass is 16.6. The van der Waals surface area contributed by atoms with E-state index in [1.54, 1.807) is 91.0 Å². The lowest BCUT2D eigenvalue weighted by molar-refractivity contribution is 0.0593. The normalized spacial score (nSPS) is 10.4. The number of carbonyl (C=O) groups excluding carboxylic acids is 6. The van der Waals surface area contributed by atoms with E-state index in [4.69, 9.17) is 28.4 Å². The lowest BCUT2D eigenvalue weighted by Crippen LogP contribution is -2.18. The standard InChI is InChI=1S/C49H32O12/c1-56-49(55)37-30-40(59-46(52)33-21-11-4-12-22-33)42(60-47(53)34-23-13-5-14-24-34)43(61-48(54)35-25-15-6-16-26-35)41(37)36-27-28-38(57-44(50)31-17-7-2-8-18-31)39(29-36)58-45(51)32-19-9-3-10-20-32/h2-30H,1H3. The molecule has 0 unspecified atom stereocenters. The Bertz CT molecular complexity index is 2740. The number of esters is 6. The molecule has 7 aromatic rings. The van der Waals surface area contributed by atoms with E-state index < -0.39 is 53.1 Å². The maximum atomic E-state index is 14.0. The summed E-state index contributed by atoms with van der Waals surface area (Å²) in [7, 11) is 1.10. The first-order valence-electron chi connectivity index (χ1n) is 18.5. The number of benzene rings is 7. The number of methoxy groups -OCH3 is 1. The van der Waals surface area contributed by atoms with Gasteiger partial charge in [-0.25, -0.2) is 28.8 Å². The number of rotatable bonds is 12. The third-order valence-corrected chi connectivity index (χ3v) is 8.88. The van der Waals surface area contributed by atoms with E-state index in [9.17, 15) is 28.8 Å². The Balaban J connectivity index is 1.47. The van der Waals surface area contributed by atoms with Crippen LogP contribution in [0.1, 0.15) is 62.1 Å². The van der Waals surface area contributed by atoms with Gasteiger partial charge in [-0.2, -0.15) is 0 Å². The zero-order chi connectivity index (χ0) is 42.7. The van der Waals surface area contributed by atoms with E-state index in [0.29, 0.717) is 0 Å². The number of hydrogen-bond donors (Lipinski definition) is 0. The molecular weight excluding hydrogens is 781 g/mol. The van der Waals surface area contributed by atoms with Crippen LogP contribution in [0.25, 0.3) is 11.1 Å². The lowest BCUT2D eigenvalue weighted by atomic mass is 9.96. The van der Waals surface area contributed by atoms with Gasteiger partial charge in [-0.15, -0.1) is 0 Å². The van der Waals surface area contributed by atoms with Crippen molar-refractivity contribution < 1.29 is 57.2 Å².